The van der Waals surface area contributed by atoms with Crippen molar-refractivity contribution in [2.45, 2.75) is 38.1 Å². The third-order valence-electron chi connectivity index (χ3n) is 3.67. The van der Waals surface area contributed by atoms with Crippen LogP contribution < -0.4 is 0 Å². The number of hydrogen-bond acceptors (Lipinski definition) is 3. The second-order valence-corrected chi connectivity index (χ2v) is 6.36. The van der Waals surface area contributed by atoms with Crippen molar-refractivity contribution in [2.24, 2.45) is 0 Å². The van der Waals surface area contributed by atoms with Crippen LogP contribution in [0, 0.1) is 6.92 Å². The fraction of sp³-hybridized carbons (Fsp3) is 0.467. The number of benzene rings is 1. The van der Waals surface area contributed by atoms with Crippen molar-refractivity contribution in [1.29, 1.82) is 0 Å². The minimum atomic E-state index is -0.911. The lowest BCUT2D eigenvalue weighted by Gasteiger charge is -2.25. The van der Waals surface area contributed by atoms with Crippen LogP contribution in [0.15, 0.2) is 24.3 Å². The Labute approximate surface area is 123 Å². The number of aryl methyl sites for hydroxylation is 2. The summed E-state index contributed by atoms with van der Waals surface area (Å²) >= 11 is 1.52. The molecule has 0 saturated carbocycles. The number of thioether (sulfide) groups is 1. The van der Waals surface area contributed by atoms with Crippen LogP contribution in [-0.4, -0.2) is 39.1 Å². The number of amides is 1. The van der Waals surface area contributed by atoms with Gasteiger partial charge in [-0.3, -0.25) is 4.79 Å². The van der Waals surface area contributed by atoms with Crippen LogP contribution in [0.25, 0.3) is 0 Å². The van der Waals surface area contributed by atoms with E-state index >= 15 is 0 Å². The molecular weight excluding hydrogens is 274 g/mol. The van der Waals surface area contributed by atoms with Crippen molar-refractivity contribution in [2.75, 3.05) is 5.75 Å². The molecule has 20 heavy (non-hydrogen) atoms. The number of carboxylic acid groups (broad SMARTS) is 1. The molecule has 2 unspecified atom stereocenters. The van der Waals surface area contributed by atoms with Gasteiger partial charge in [-0.25, -0.2) is 4.79 Å². The smallest absolute Gasteiger partial charge is 0.327 e. The highest BCUT2D eigenvalue weighted by Crippen LogP contribution is 2.29. The second kappa shape index (κ2) is 6.31. The molecule has 1 heterocycles. The van der Waals surface area contributed by atoms with Crippen molar-refractivity contribution < 1.29 is 14.7 Å². The average Bonchev–Trinajstić information content (AvgIpc) is 2.79. The quantitative estimate of drug-likeness (QED) is 0.925. The van der Waals surface area contributed by atoms with Gasteiger partial charge in [-0.2, -0.15) is 0 Å². The van der Waals surface area contributed by atoms with Gasteiger partial charge in [0.25, 0.3) is 0 Å². The number of carbonyl (C=O) groups excluding carboxylic acids is 1. The topological polar surface area (TPSA) is 57.6 Å². The molecule has 1 aromatic carbocycles. The van der Waals surface area contributed by atoms with Gasteiger partial charge < -0.3 is 10.0 Å². The molecule has 5 heteroatoms. The molecule has 1 amide bonds. The standard InChI is InChI=1S/C15H19NO3S/c1-10-5-3-4-6-12(10)7-8-14(17)16-11(2)20-9-13(16)15(18)19/h3-6,11,13H,7-9H2,1-2H3,(H,18,19). The van der Waals surface area contributed by atoms with Gasteiger partial charge in [0.2, 0.25) is 5.91 Å². The van der Waals surface area contributed by atoms with Crippen molar-refractivity contribution in [1.82, 2.24) is 4.90 Å². The third-order valence-corrected chi connectivity index (χ3v) is 4.88. The summed E-state index contributed by atoms with van der Waals surface area (Å²) in [6.07, 6.45) is 1.02. The minimum absolute atomic E-state index is 0.0551. The van der Waals surface area contributed by atoms with Gasteiger partial charge in [-0.1, -0.05) is 24.3 Å². The van der Waals surface area contributed by atoms with Crippen molar-refractivity contribution in [3.8, 4) is 0 Å². The van der Waals surface area contributed by atoms with E-state index in [9.17, 15) is 14.7 Å². The van der Waals surface area contributed by atoms with E-state index in [-0.39, 0.29) is 11.3 Å². The van der Waals surface area contributed by atoms with E-state index in [1.807, 2.05) is 38.1 Å². The molecule has 0 bridgehead atoms. The molecule has 2 atom stereocenters. The normalized spacial score (nSPS) is 22.0. The first kappa shape index (κ1) is 14.9. The Balaban J connectivity index is 2.01. The summed E-state index contributed by atoms with van der Waals surface area (Å²) in [5.41, 5.74) is 2.31. The Hall–Kier alpha value is -1.49. The Bertz CT molecular complexity index is 518. The summed E-state index contributed by atoms with van der Waals surface area (Å²) in [5, 5.41) is 9.12. The molecule has 0 aliphatic carbocycles. The van der Waals surface area contributed by atoms with E-state index < -0.39 is 12.0 Å². The lowest BCUT2D eigenvalue weighted by atomic mass is 10.0. The maximum absolute atomic E-state index is 12.3. The summed E-state index contributed by atoms with van der Waals surface area (Å²) in [4.78, 5) is 25.0. The molecule has 4 nitrogen and oxygen atoms in total. The molecule has 1 aromatic rings. The maximum Gasteiger partial charge on any atom is 0.327 e. The lowest BCUT2D eigenvalue weighted by Crippen LogP contribution is -2.44. The predicted molar refractivity (Wildman–Crippen MR) is 79.7 cm³/mol. The van der Waals surface area contributed by atoms with Crippen LogP contribution in [0.3, 0.4) is 0 Å². The molecule has 1 N–H and O–H groups in total. The SMILES string of the molecule is Cc1ccccc1CCC(=O)N1C(C)SCC1C(=O)O. The van der Waals surface area contributed by atoms with Crippen LogP contribution in [-0.2, 0) is 16.0 Å². The molecule has 1 fully saturated rings. The summed E-state index contributed by atoms with van der Waals surface area (Å²) in [5.74, 6) is -0.503. The van der Waals surface area contributed by atoms with E-state index in [4.69, 9.17) is 0 Å². The fourth-order valence-corrected chi connectivity index (χ4v) is 3.66. The van der Waals surface area contributed by atoms with E-state index in [1.165, 1.54) is 22.2 Å². The second-order valence-electron chi connectivity index (χ2n) is 5.01. The van der Waals surface area contributed by atoms with Gasteiger partial charge in [-0.05, 0) is 31.4 Å². The van der Waals surface area contributed by atoms with Crippen LogP contribution in [0.2, 0.25) is 0 Å². The summed E-state index contributed by atoms with van der Waals surface area (Å²) in [6, 6.07) is 7.29. The molecule has 0 radical (unpaired) electrons. The number of hydrogen-bond donors (Lipinski definition) is 1. The Morgan fingerprint density at radius 1 is 1.40 bits per heavy atom. The van der Waals surface area contributed by atoms with E-state index in [2.05, 4.69) is 0 Å². The van der Waals surface area contributed by atoms with Crippen molar-refractivity contribution >= 4 is 23.6 Å². The largest absolute Gasteiger partial charge is 0.480 e. The van der Waals surface area contributed by atoms with Crippen LogP contribution in [0.4, 0.5) is 0 Å². The first-order valence-corrected chi connectivity index (χ1v) is 7.75. The zero-order valence-corrected chi connectivity index (χ0v) is 12.5. The highest BCUT2D eigenvalue weighted by atomic mass is 32.2. The highest BCUT2D eigenvalue weighted by molar-refractivity contribution is 8.00. The zero-order valence-electron chi connectivity index (χ0n) is 11.7. The summed E-state index contributed by atoms with van der Waals surface area (Å²) in [7, 11) is 0. The molecule has 0 spiro atoms. The Kier molecular flexibility index (Phi) is 4.70. The lowest BCUT2D eigenvalue weighted by molar-refractivity contribution is -0.148. The number of rotatable bonds is 4. The van der Waals surface area contributed by atoms with E-state index in [1.54, 1.807) is 0 Å². The first-order valence-electron chi connectivity index (χ1n) is 6.70. The molecule has 108 valence electrons. The Morgan fingerprint density at radius 3 is 2.75 bits per heavy atom. The Morgan fingerprint density at radius 2 is 2.10 bits per heavy atom. The van der Waals surface area contributed by atoms with Gasteiger partial charge in [0.1, 0.15) is 6.04 Å². The number of carbonyl (C=O) groups is 2. The van der Waals surface area contributed by atoms with Gasteiger partial charge >= 0.3 is 5.97 Å². The molecule has 1 saturated heterocycles. The van der Waals surface area contributed by atoms with Gasteiger partial charge in [0.15, 0.2) is 0 Å². The van der Waals surface area contributed by atoms with Gasteiger partial charge in [0.05, 0.1) is 5.37 Å². The highest BCUT2D eigenvalue weighted by Gasteiger charge is 2.38. The molecule has 2 rings (SSSR count). The maximum atomic E-state index is 12.3. The fourth-order valence-electron chi connectivity index (χ4n) is 2.47. The summed E-state index contributed by atoms with van der Waals surface area (Å²) in [6.45, 7) is 3.91. The number of aliphatic carboxylic acids is 1. The van der Waals surface area contributed by atoms with Crippen molar-refractivity contribution in [3.05, 3.63) is 35.4 Å². The monoisotopic (exact) mass is 293 g/mol. The first-order chi connectivity index (χ1) is 9.50. The number of carboxylic acids is 1. The van der Waals surface area contributed by atoms with E-state index in [0.29, 0.717) is 18.6 Å². The molecular formula is C15H19NO3S. The number of nitrogens with zero attached hydrogens (tertiary/aromatic N) is 1. The van der Waals surface area contributed by atoms with Crippen molar-refractivity contribution in [3.63, 3.8) is 0 Å². The molecule has 0 aromatic heterocycles. The van der Waals surface area contributed by atoms with Crippen LogP contribution in [0.1, 0.15) is 24.5 Å². The van der Waals surface area contributed by atoms with Crippen LogP contribution >= 0.6 is 11.8 Å². The third kappa shape index (κ3) is 3.15. The van der Waals surface area contributed by atoms with Gasteiger partial charge in [0, 0.05) is 12.2 Å². The summed E-state index contributed by atoms with van der Waals surface area (Å²) < 4.78 is 0. The van der Waals surface area contributed by atoms with Crippen LogP contribution in [0.5, 0.6) is 0 Å². The predicted octanol–water partition coefficient (Wildman–Crippen LogP) is 2.30. The van der Waals surface area contributed by atoms with E-state index in [0.717, 1.165) is 5.56 Å². The molecule has 1 aliphatic rings. The zero-order chi connectivity index (χ0) is 14.7. The van der Waals surface area contributed by atoms with Gasteiger partial charge in [-0.15, -0.1) is 11.8 Å². The minimum Gasteiger partial charge on any atom is -0.480 e. The molecule has 1 aliphatic heterocycles. The average molecular weight is 293 g/mol.